The molecule has 3 aromatic rings. The van der Waals surface area contributed by atoms with Crippen LogP contribution in [0.2, 0.25) is 0 Å². The zero-order chi connectivity index (χ0) is 20.5. The Labute approximate surface area is 165 Å². The molecule has 9 heteroatoms. The van der Waals surface area contributed by atoms with Crippen molar-refractivity contribution in [3.8, 4) is 28.3 Å². The number of nitrogens with one attached hydrogen (secondary N) is 4. The molecule has 0 atom stereocenters. The molecule has 2 heterocycles. The van der Waals surface area contributed by atoms with Gasteiger partial charge in [-0.25, -0.2) is 9.78 Å². The molecule has 0 radical (unpaired) electrons. The van der Waals surface area contributed by atoms with Gasteiger partial charge in [-0.3, -0.25) is 15.6 Å². The van der Waals surface area contributed by atoms with Crippen LogP contribution in [0.15, 0.2) is 41.2 Å². The summed E-state index contributed by atoms with van der Waals surface area (Å²) >= 11 is 0. The lowest BCUT2D eigenvalue weighted by Crippen LogP contribution is -2.21. The number of aromatic nitrogens is 2. The van der Waals surface area contributed by atoms with Gasteiger partial charge in [0.05, 0.1) is 17.7 Å². The van der Waals surface area contributed by atoms with Gasteiger partial charge in [0, 0.05) is 0 Å². The van der Waals surface area contributed by atoms with Gasteiger partial charge in [-0.15, -0.1) is 5.53 Å². The van der Waals surface area contributed by atoms with Crippen molar-refractivity contribution in [1.29, 1.82) is 0 Å². The van der Waals surface area contributed by atoms with Crippen LogP contribution in [-0.2, 0) is 0 Å². The molecule has 0 saturated carbocycles. The van der Waals surface area contributed by atoms with E-state index in [2.05, 4.69) is 26.4 Å². The Balaban J connectivity index is 1.79. The third-order valence-corrected chi connectivity index (χ3v) is 4.61. The van der Waals surface area contributed by atoms with Crippen LogP contribution >= 0.6 is 0 Å². The number of anilines is 2. The lowest BCUT2D eigenvalue weighted by atomic mass is 9.98. The van der Waals surface area contributed by atoms with Gasteiger partial charge >= 0.3 is 5.97 Å². The number of hydrogen-bond acceptors (Lipinski definition) is 7. The largest absolute Gasteiger partial charge is 0.493 e. The van der Waals surface area contributed by atoms with Gasteiger partial charge in [0.25, 0.3) is 5.56 Å². The molecular formula is C20H19N5O4. The number of hydrogen-bond donors (Lipinski definition) is 5. The predicted molar refractivity (Wildman–Crippen MR) is 109 cm³/mol. The van der Waals surface area contributed by atoms with Crippen LogP contribution in [0.4, 0.5) is 11.5 Å². The summed E-state index contributed by atoms with van der Waals surface area (Å²) in [7, 11) is 0. The topological polar surface area (TPSA) is 128 Å². The molecule has 29 heavy (non-hydrogen) atoms. The summed E-state index contributed by atoms with van der Waals surface area (Å²) in [6.45, 7) is 4.07. The zero-order valence-corrected chi connectivity index (χ0v) is 15.8. The average molecular weight is 393 g/mol. The van der Waals surface area contributed by atoms with Crippen LogP contribution in [0.5, 0.6) is 5.75 Å². The summed E-state index contributed by atoms with van der Waals surface area (Å²) in [6.07, 6.45) is 0. The van der Waals surface area contributed by atoms with Crippen molar-refractivity contribution in [2.75, 3.05) is 17.5 Å². The van der Waals surface area contributed by atoms with E-state index in [0.717, 1.165) is 11.1 Å². The number of fused-ring (bicyclic) bond motifs is 1. The number of carbonyl (C=O) groups is 1. The van der Waals surface area contributed by atoms with Gasteiger partial charge < -0.3 is 14.8 Å². The number of carboxylic acid groups (broad SMARTS) is 1. The van der Waals surface area contributed by atoms with Crippen molar-refractivity contribution < 1.29 is 14.6 Å². The van der Waals surface area contributed by atoms with E-state index >= 15 is 0 Å². The number of aromatic amines is 1. The van der Waals surface area contributed by atoms with Gasteiger partial charge in [-0.05, 0) is 48.7 Å². The normalized spacial score (nSPS) is 12.1. The quantitative estimate of drug-likeness (QED) is 0.448. The Morgan fingerprint density at radius 2 is 1.90 bits per heavy atom. The van der Waals surface area contributed by atoms with Crippen molar-refractivity contribution in [2.24, 2.45) is 0 Å². The lowest BCUT2D eigenvalue weighted by molar-refractivity contribution is 0.0696. The summed E-state index contributed by atoms with van der Waals surface area (Å²) < 4.78 is 5.80. The van der Waals surface area contributed by atoms with Gasteiger partial charge in [0.15, 0.2) is 11.5 Å². The second kappa shape index (κ2) is 7.28. The van der Waals surface area contributed by atoms with E-state index in [0.29, 0.717) is 40.8 Å². The van der Waals surface area contributed by atoms with E-state index in [1.807, 2.05) is 31.2 Å². The van der Waals surface area contributed by atoms with E-state index in [-0.39, 0.29) is 11.1 Å². The van der Waals surface area contributed by atoms with Crippen molar-refractivity contribution in [3.63, 3.8) is 0 Å². The standard InChI is InChI=1S/C20H19N5O4/c1-3-29-15-9-12(11-4-6-13(20(27)28)10(2)8-11)5-7-14(15)17-21-18-16(19(26)22-17)23-25-24-18/h4-9,23,25H,3H2,1-2H3,(H,27,28)(H2,21,22,24,26). The lowest BCUT2D eigenvalue weighted by Gasteiger charge is -2.13. The maximum Gasteiger partial charge on any atom is 0.335 e. The minimum atomic E-state index is -0.955. The SMILES string of the molecule is CCOc1cc(-c2ccc(C(=O)O)c(C)c2)ccc1-c1nc2c(c(=O)[nH]1)NNN2. The van der Waals surface area contributed by atoms with Crippen molar-refractivity contribution >= 4 is 17.5 Å². The number of aromatic carboxylic acids is 1. The number of carboxylic acids is 1. The first kappa shape index (κ1) is 18.5. The van der Waals surface area contributed by atoms with E-state index in [9.17, 15) is 14.7 Å². The number of ether oxygens (including phenoxy) is 1. The second-order valence-electron chi connectivity index (χ2n) is 6.49. The van der Waals surface area contributed by atoms with Crippen LogP contribution < -0.4 is 26.7 Å². The van der Waals surface area contributed by atoms with Gasteiger partial charge in [0.1, 0.15) is 11.6 Å². The number of nitrogens with zero attached hydrogens (tertiary/aromatic N) is 1. The summed E-state index contributed by atoms with van der Waals surface area (Å²) in [6, 6.07) is 10.7. The molecule has 1 aromatic heterocycles. The highest BCUT2D eigenvalue weighted by atomic mass is 16.5. The van der Waals surface area contributed by atoms with Crippen LogP contribution in [-0.4, -0.2) is 27.7 Å². The van der Waals surface area contributed by atoms with E-state index in [4.69, 9.17) is 4.74 Å². The monoisotopic (exact) mass is 393 g/mol. The molecule has 1 aliphatic heterocycles. The molecule has 0 aliphatic carbocycles. The van der Waals surface area contributed by atoms with E-state index < -0.39 is 5.97 Å². The maximum absolute atomic E-state index is 12.3. The molecule has 148 valence electrons. The highest BCUT2D eigenvalue weighted by Gasteiger charge is 2.19. The number of H-pyrrole nitrogens is 1. The summed E-state index contributed by atoms with van der Waals surface area (Å²) in [5.41, 5.74) is 11.4. The first-order valence-electron chi connectivity index (χ1n) is 9.01. The zero-order valence-electron chi connectivity index (χ0n) is 15.8. The molecular weight excluding hydrogens is 374 g/mol. The average Bonchev–Trinajstić information content (AvgIpc) is 3.17. The molecule has 0 unspecified atom stereocenters. The van der Waals surface area contributed by atoms with Gasteiger partial charge in [-0.2, -0.15) is 0 Å². The van der Waals surface area contributed by atoms with Gasteiger partial charge in [0.2, 0.25) is 0 Å². The molecule has 4 rings (SSSR count). The minimum Gasteiger partial charge on any atom is -0.493 e. The third-order valence-electron chi connectivity index (χ3n) is 4.61. The fourth-order valence-electron chi connectivity index (χ4n) is 3.22. The highest BCUT2D eigenvalue weighted by Crippen LogP contribution is 2.34. The smallest absolute Gasteiger partial charge is 0.335 e. The van der Waals surface area contributed by atoms with Crippen molar-refractivity contribution in [1.82, 2.24) is 15.5 Å². The van der Waals surface area contributed by atoms with E-state index in [1.54, 1.807) is 19.1 Å². The summed E-state index contributed by atoms with van der Waals surface area (Å²) in [4.78, 5) is 30.7. The fraction of sp³-hybridized carbons (Fsp3) is 0.150. The van der Waals surface area contributed by atoms with Gasteiger partial charge in [-0.1, -0.05) is 18.2 Å². The van der Waals surface area contributed by atoms with Crippen LogP contribution in [0.25, 0.3) is 22.5 Å². The van der Waals surface area contributed by atoms with Crippen LogP contribution in [0.1, 0.15) is 22.8 Å². The minimum absolute atomic E-state index is 0.269. The number of benzene rings is 2. The Morgan fingerprint density at radius 3 is 2.62 bits per heavy atom. The van der Waals surface area contributed by atoms with E-state index in [1.165, 1.54) is 0 Å². The molecule has 0 spiro atoms. The molecule has 1 aliphatic rings. The summed E-state index contributed by atoms with van der Waals surface area (Å²) in [5.74, 6) is 0.380. The fourth-order valence-corrected chi connectivity index (χ4v) is 3.22. The molecule has 5 N–H and O–H groups in total. The van der Waals surface area contributed by atoms with Crippen molar-refractivity contribution in [2.45, 2.75) is 13.8 Å². The number of rotatable bonds is 5. The first-order chi connectivity index (χ1) is 14.0. The molecule has 0 bridgehead atoms. The first-order valence-corrected chi connectivity index (χ1v) is 9.01. The summed E-state index contributed by atoms with van der Waals surface area (Å²) in [5, 5.41) is 9.22. The highest BCUT2D eigenvalue weighted by molar-refractivity contribution is 5.90. The maximum atomic E-state index is 12.3. The number of aryl methyl sites for hydroxylation is 1. The van der Waals surface area contributed by atoms with Crippen LogP contribution in [0, 0.1) is 6.92 Å². The Morgan fingerprint density at radius 1 is 1.14 bits per heavy atom. The van der Waals surface area contributed by atoms with Crippen LogP contribution in [0.3, 0.4) is 0 Å². The van der Waals surface area contributed by atoms with Crippen molar-refractivity contribution in [3.05, 3.63) is 57.9 Å². The number of hydrazine groups is 2. The molecule has 0 amide bonds. The third kappa shape index (κ3) is 3.39. The molecule has 9 nitrogen and oxygen atoms in total. The second-order valence-corrected chi connectivity index (χ2v) is 6.49. The molecule has 0 fully saturated rings. The predicted octanol–water partition coefficient (Wildman–Crippen LogP) is 2.77. The Hall–Kier alpha value is -3.85. The Bertz CT molecular complexity index is 1170. The molecule has 0 saturated heterocycles. The molecule has 2 aromatic carbocycles. The Kier molecular flexibility index (Phi) is 4.65.